The van der Waals surface area contributed by atoms with Crippen molar-refractivity contribution in [2.45, 2.75) is 31.4 Å². The smallest absolute Gasteiger partial charge is 0.264 e. The van der Waals surface area contributed by atoms with E-state index in [4.69, 9.17) is 8.92 Å². The fourth-order valence-corrected chi connectivity index (χ4v) is 3.24. The van der Waals surface area contributed by atoms with Crippen molar-refractivity contribution < 1.29 is 17.3 Å². The molecule has 0 N–H and O–H groups in total. The van der Waals surface area contributed by atoms with Crippen LogP contribution in [-0.2, 0) is 19.0 Å². The molecule has 1 aliphatic heterocycles. The third-order valence-corrected chi connectivity index (χ3v) is 3.83. The zero-order valence-corrected chi connectivity index (χ0v) is 10.4. The molecule has 0 spiro atoms. The molecule has 2 fully saturated rings. The summed E-state index contributed by atoms with van der Waals surface area (Å²) in [5.41, 5.74) is 0. The third-order valence-electron chi connectivity index (χ3n) is 3.23. The van der Waals surface area contributed by atoms with Crippen LogP contribution in [-0.4, -0.2) is 58.0 Å². The highest BCUT2D eigenvalue weighted by Gasteiger charge is 2.35. The van der Waals surface area contributed by atoms with E-state index < -0.39 is 10.1 Å². The third kappa shape index (κ3) is 3.16. The quantitative estimate of drug-likeness (QED) is 0.670. The highest BCUT2D eigenvalue weighted by Crippen LogP contribution is 2.28. The number of morpholine rings is 1. The van der Waals surface area contributed by atoms with Gasteiger partial charge in [-0.25, -0.2) is 0 Å². The van der Waals surface area contributed by atoms with E-state index in [1.807, 2.05) is 0 Å². The molecule has 0 bridgehead atoms. The molecular weight excluding hydrogens is 230 g/mol. The topological polar surface area (TPSA) is 55.8 Å². The molecular formula is C10H19NO4S. The Morgan fingerprint density at radius 2 is 1.94 bits per heavy atom. The fourth-order valence-electron chi connectivity index (χ4n) is 2.57. The molecule has 1 aliphatic carbocycles. The maximum Gasteiger partial charge on any atom is 0.264 e. The molecule has 6 heteroatoms. The van der Waals surface area contributed by atoms with Crippen molar-refractivity contribution in [3.8, 4) is 0 Å². The van der Waals surface area contributed by atoms with Crippen molar-refractivity contribution >= 4 is 10.1 Å². The Morgan fingerprint density at radius 3 is 2.56 bits per heavy atom. The lowest BCUT2D eigenvalue weighted by Gasteiger charge is -2.34. The molecule has 1 heterocycles. The second-order valence-corrected chi connectivity index (χ2v) is 6.09. The van der Waals surface area contributed by atoms with Gasteiger partial charge in [0, 0.05) is 19.1 Å². The second-order valence-electron chi connectivity index (χ2n) is 4.49. The van der Waals surface area contributed by atoms with Crippen LogP contribution in [0.2, 0.25) is 0 Å². The Morgan fingerprint density at radius 1 is 1.25 bits per heavy atom. The monoisotopic (exact) mass is 249 g/mol. The van der Waals surface area contributed by atoms with Gasteiger partial charge in [0.2, 0.25) is 0 Å². The first kappa shape index (κ1) is 12.3. The summed E-state index contributed by atoms with van der Waals surface area (Å²) in [4.78, 5) is 2.30. The lowest BCUT2D eigenvalue weighted by atomic mass is 10.1. The molecule has 1 saturated carbocycles. The van der Waals surface area contributed by atoms with Gasteiger partial charge in [0.1, 0.15) is 0 Å². The molecule has 0 radical (unpaired) electrons. The summed E-state index contributed by atoms with van der Waals surface area (Å²) in [6, 6.07) is 0.249. The number of hydrogen-bond acceptors (Lipinski definition) is 5. The first-order valence-electron chi connectivity index (χ1n) is 5.76. The molecule has 0 aromatic heterocycles. The van der Waals surface area contributed by atoms with Crippen LogP contribution >= 0.6 is 0 Å². The Kier molecular flexibility index (Phi) is 3.84. The van der Waals surface area contributed by atoms with E-state index in [1.54, 1.807) is 0 Å². The molecule has 2 rings (SSSR count). The Hall–Kier alpha value is -0.170. The second kappa shape index (κ2) is 5.00. The Labute approximate surface area is 96.8 Å². The molecule has 16 heavy (non-hydrogen) atoms. The molecule has 0 aromatic rings. The van der Waals surface area contributed by atoms with Crippen LogP contribution in [0.1, 0.15) is 19.3 Å². The summed E-state index contributed by atoms with van der Waals surface area (Å²) in [7, 11) is -3.34. The van der Waals surface area contributed by atoms with Crippen LogP contribution in [0.25, 0.3) is 0 Å². The Balaban J connectivity index is 1.97. The lowest BCUT2D eigenvalue weighted by Crippen LogP contribution is -2.47. The SMILES string of the molecule is CS(=O)(=O)O[C@H]1CCC[C@@H]1N1CCOCC1. The summed E-state index contributed by atoms with van der Waals surface area (Å²) in [5.74, 6) is 0. The van der Waals surface area contributed by atoms with E-state index in [0.29, 0.717) is 0 Å². The van der Waals surface area contributed by atoms with Gasteiger partial charge < -0.3 is 4.74 Å². The van der Waals surface area contributed by atoms with Crippen molar-refractivity contribution in [3.05, 3.63) is 0 Å². The van der Waals surface area contributed by atoms with Crippen molar-refractivity contribution in [1.82, 2.24) is 4.90 Å². The lowest BCUT2D eigenvalue weighted by molar-refractivity contribution is -0.00458. The van der Waals surface area contributed by atoms with E-state index >= 15 is 0 Å². The fraction of sp³-hybridized carbons (Fsp3) is 1.00. The van der Waals surface area contributed by atoms with Crippen LogP contribution in [0.5, 0.6) is 0 Å². The predicted molar refractivity (Wildman–Crippen MR) is 59.7 cm³/mol. The highest BCUT2D eigenvalue weighted by molar-refractivity contribution is 7.86. The predicted octanol–water partition coefficient (Wildman–Crippen LogP) is 0.216. The molecule has 5 nitrogen and oxygen atoms in total. The molecule has 0 aromatic carbocycles. The van der Waals surface area contributed by atoms with Gasteiger partial charge in [-0.1, -0.05) is 0 Å². The van der Waals surface area contributed by atoms with Gasteiger partial charge in [0.15, 0.2) is 0 Å². The van der Waals surface area contributed by atoms with Gasteiger partial charge in [0.25, 0.3) is 10.1 Å². The van der Waals surface area contributed by atoms with E-state index in [9.17, 15) is 8.42 Å². The van der Waals surface area contributed by atoms with Gasteiger partial charge in [-0.05, 0) is 19.3 Å². The van der Waals surface area contributed by atoms with E-state index in [1.165, 1.54) is 0 Å². The largest absolute Gasteiger partial charge is 0.379 e. The average Bonchev–Trinajstić information content (AvgIpc) is 2.64. The number of rotatable bonds is 3. The van der Waals surface area contributed by atoms with E-state index in [0.717, 1.165) is 51.8 Å². The van der Waals surface area contributed by atoms with Gasteiger partial charge in [-0.2, -0.15) is 8.42 Å². The van der Waals surface area contributed by atoms with Crippen LogP contribution in [0.3, 0.4) is 0 Å². The van der Waals surface area contributed by atoms with Crippen LogP contribution < -0.4 is 0 Å². The van der Waals surface area contributed by atoms with Crippen molar-refractivity contribution in [2.75, 3.05) is 32.6 Å². The first-order valence-corrected chi connectivity index (χ1v) is 7.58. The Bertz CT molecular complexity index is 324. The molecule has 94 valence electrons. The summed E-state index contributed by atoms with van der Waals surface area (Å²) in [5, 5.41) is 0. The van der Waals surface area contributed by atoms with Crippen LogP contribution in [0.15, 0.2) is 0 Å². The molecule has 0 unspecified atom stereocenters. The van der Waals surface area contributed by atoms with Crippen LogP contribution in [0.4, 0.5) is 0 Å². The molecule has 1 saturated heterocycles. The van der Waals surface area contributed by atoms with Crippen LogP contribution in [0, 0.1) is 0 Å². The van der Waals surface area contributed by atoms with Crippen molar-refractivity contribution in [2.24, 2.45) is 0 Å². The first-order chi connectivity index (χ1) is 7.56. The summed E-state index contributed by atoms with van der Waals surface area (Å²) < 4.78 is 32.7. The molecule has 0 amide bonds. The minimum absolute atomic E-state index is 0.159. The summed E-state index contributed by atoms with van der Waals surface area (Å²) >= 11 is 0. The molecule has 2 atom stereocenters. The van der Waals surface area contributed by atoms with E-state index in [2.05, 4.69) is 4.90 Å². The maximum atomic E-state index is 11.2. The van der Waals surface area contributed by atoms with E-state index in [-0.39, 0.29) is 12.1 Å². The summed E-state index contributed by atoms with van der Waals surface area (Å²) in [6.45, 7) is 3.24. The average molecular weight is 249 g/mol. The number of hydrogen-bond donors (Lipinski definition) is 0. The highest BCUT2D eigenvalue weighted by atomic mass is 32.2. The standard InChI is InChI=1S/C10H19NO4S/c1-16(12,13)15-10-4-2-3-9(10)11-5-7-14-8-6-11/h9-10H,2-8H2,1H3/t9-,10-/m0/s1. The molecule has 2 aliphatic rings. The van der Waals surface area contributed by atoms with Crippen molar-refractivity contribution in [1.29, 1.82) is 0 Å². The maximum absolute atomic E-state index is 11.2. The minimum Gasteiger partial charge on any atom is -0.379 e. The van der Waals surface area contributed by atoms with Gasteiger partial charge in [0.05, 0.1) is 25.6 Å². The minimum atomic E-state index is -3.34. The zero-order valence-electron chi connectivity index (χ0n) is 9.59. The summed E-state index contributed by atoms with van der Waals surface area (Å²) in [6.07, 6.45) is 3.88. The number of nitrogens with zero attached hydrogens (tertiary/aromatic N) is 1. The van der Waals surface area contributed by atoms with Gasteiger partial charge in [-0.15, -0.1) is 0 Å². The van der Waals surface area contributed by atoms with Gasteiger partial charge >= 0.3 is 0 Å². The van der Waals surface area contributed by atoms with Gasteiger partial charge in [-0.3, -0.25) is 9.08 Å². The normalized spacial score (nSPS) is 33.1. The van der Waals surface area contributed by atoms with Crippen molar-refractivity contribution in [3.63, 3.8) is 0 Å². The number of ether oxygens (including phenoxy) is 1. The zero-order chi connectivity index (χ0) is 11.6.